The van der Waals surface area contributed by atoms with Gasteiger partial charge >= 0.3 is 0 Å². The van der Waals surface area contributed by atoms with Crippen molar-refractivity contribution in [2.45, 2.75) is 38.5 Å². The Morgan fingerprint density at radius 2 is 1.89 bits per heavy atom. The quantitative estimate of drug-likeness (QED) is 0.448. The number of benzene rings is 2. The number of carbonyl (C=O) groups excluding carboxylic acids is 2. The molecule has 35 heavy (non-hydrogen) atoms. The molecule has 182 valence electrons. The van der Waals surface area contributed by atoms with Crippen LogP contribution in [0, 0.1) is 5.82 Å². The molecule has 1 aliphatic carbocycles. The van der Waals surface area contributed by atoms with Gasteiger partial charge in [-0.15, -0.1) is 0 Å². The van der Waals surface area contributed by atoms with Crippen molar-refractivity contribution in [2.75, 3.05) is 20.1 Å². The fourth-order valence-corrected chi connectivity index (χ4v) is 4.02. The van der Waals surface area contributed by atoms with Crippen LogP contribution in [-0.4, -0.2) is 47.0 Å². The van der Waals surface area contributed by atoms with Crippen LogP contribution in [0.3, 0.4) is 0 Å². The molecule has 1 N–H and O–H groups in total. The van der Waals surface area contributed by atoms with Gasteiger partial charge in [0, 0.05) is 37.7 Å². The van der Waals surface area contributed by atoms with Gasteiger partial charge < -0.3 is 14.7 Å². The minimum atomic E-state index is -0.551. The fraction of sp³-hybridized carbons (Fsp3) is 0.333. The zero-order valence-corrected chi connectivity index (χ0v) is 19.8. The predicted molar refractivity (Wildman–Crippen MR) is 130 cm³/mol. The smallest absolute Gasteiger partial charge is 0.257 e. The first-order valence-electron chi connectivity index (χ1n) is 11.9. The van der Waals surface area contributed by atoms with Crippen LogP contribution in [0.1, 0.15) is 58.6 Å². The van der Waals surface area contributed by atoms with Gasteiger partial charge in [-0.2, -0.15) is 4.98 Å². The van der Waals surface area contributed by atoms with E-state index in [0.717, 1.165) is 19.3 Å². The first-order chi connectivity index (χ1) is 17.0. The van der Waals surface area contributed by atoms with Crippen molar-refractivity contribution in [2.24, 2.45) is 0 Å². The van der Waals surface area contributed by atoms with Crippen LogP contribution >= 0.6 is 0 Å². The Bertz CT molecular complexity index is 1200. The number of nitrogens with one attached hydrogen (secondary N) is 1. The van der Waals surface area contributed by atoms with Gasteiger partial charge in [-0.05, 0) is 68.5 Å². The van der Waals surface area contributed by atoms with E-state index in [-0.39, 0.29) is 11.5 Å². The Morgan fingerprint density at radius 3 is 2.63 bits per heavy atom. The van der Waals surface area contributed by atoms with Crippen LogP contribution in [0.4, 0.5) is 4.39 Å². The van der Waals surface area contributed by atoms with Crippen molar-refractivity contribution in [1.82, 2.24) is 20.4 Å². The lowest BCUT2D eigenvalue weighted by molar-refractivity contribution is 0.0790. The van der Waals surface area contributed by atoms with Gasteiger partial charge in [0.15, 0.2) is 5.82 Å². The second-order valence-corrected chi connectivity index (χ2v) is 8.66. The van der Waals surface area contributed by atoms with Crippen LogP contribution in [0.25, 0.3) is 11.5 Å². The van der Waals surface area contributed by atoms with Crippen molar-refractivity contribution in [3.63, 3.8) is 0 Å². The summed E-state index contributed by atoms with van der Waals surface area (Å²) in [6, 6.07) is 12.9. The predicted octanol–water partition coefficient (Wildman–Crippen LogP) is 4.81. The molecule has 0 bridgehead atoms. The SMILES string of the molecule is CN(CCc1noc(-c2ccc(C(=O)NCCC3=CCCCC3)cc2)n1)C(=O)c1ccccc1F. The third kappa shape index (κ3) is 6.41. The normalized spacial score (nSPS) is 13.3. The average molecular weight is 477 g/mol. The molecule has 0 saturated heterocycles. The van der Waals surface area contributed by atoms with E-state index in [0.29, 0.717) is 42.4 Å². The maximum Gasteiger partial charge on any atom is 0.257 e. The molecule has 1 aromatic heterocycles. The molecule has 0 saturated carbocycles. The molecule has 1 aliphatic rings. The van der Waals surface area contributed by atoms with Crippen LogP contribution in [0.15, 0.2) is 64.7 Å². The average Bonchev–Trinajstić information content (AvgIpc) is 3.37. The number of nitrogens with zero attached hydrogens (tertiary/aromatic N) is 3. The third-order valence-electron chi connectivity index (χ3n) is 6.10. The maximum absolute atomic E-state index is 13.9. The molecule has 0 spiro atoms. The van der Waals surface area contributed by atoms with E-state index in [1.807, 2.05) is 0 Å². The van der Waals surface area contributed by atoms with Gasteiger partial charge in [-0.3, -0.25) is 9.59 Å². The second kappa shape index (κ2) is 11.6. The van der Waals surface area contributed by atoms with E-state index < -0.39 is 11.7 Å². The molecule has 0 radical (unpaired) electrons. The van der Waals surface area contributed by atoms with Crippen LogP contribution in [0.5, 0.6) is 0 Å². The van der Waals surface area contributed by atoms with Crippen molar-refractivity contribution in [3.05, 3.63) is 82.9 Å². The summed E-state index contributed by atoms with van der Waals surface area (Å²) in [6.07, 6.45) is 8.32. The molecule has 0 atom stereocenters. The number of hydrogen-bond donors (Lipinski definition) is 1. The van der Waals surface area contributed by atoms with E-state index in [4.69, 9.17) is 4.52 Å². The van der Waals surface area contributed by atoms with Crippen LogP contribution in [-0.2, 0) is 6.42 Å². The molecule has 0 aliphatic heterocycles. The van der Waals surface area contributed by atoms with E-state index in [2.05, 4.69) is 21.5 Å². The Labute approximate surface area is 204 Å². The largest absolute Gasteiger partial charge is 0.352 e. The minimum absolute atomic E-state index is 0.0269. The zero-order chi connectivity index (χ0) is 24.6. The molecular formula is C27H29FN4O3. The first kappa shape index (κ1) is 24.3. The van der Waals surface area contributed by atoms with Gasteiger partial charge in [-0.1, -0.05) is 28.9 Å². The Balaban J connectivity index is 1.28. The number of halogens is 1. The Kier molecular flexibility index (Phi) is 8.03. The molecule has 0 unspecified atom stereocenters. The van der Waals surface area contributed by atoms with Gasteiger partial charge in [0.25, 0.3) is 17.7 Å². The van der Waals surface area contributed by atoms with Gasteiger partial charge in [-0.25, -0.2) is 4.39 Å². The summed E-state index contributed by atoms with van der Waals surface area (Å²) >= 11 is 0. The standard InChI is InChI=1S/C27H29FN4O3/c1-32(27(34)22-9-5-6-10-23(22)28)18-16-24-30-26(35-31-24)21-13-11-20(12-14-21)25(33)29-17-15-19-7-3-2-4-8-19/h5-7,9-14H,2-4,8,15-18H2,1H3,(H,29,33). The van der Waals surface area contributed by atoms with E-state index in [9.17, 15) is 14.0 Å². The van der Waals surface area contributed by atoms with Gasteiger partial charge in [0.05, 0.1) is 5.56 Å². The summed E-state index contributed by atoms with van der Waals surface area (Å²) < 4.78 is 19.2. The highest BCUT2D eigenvalue weighted by atomic mass is 19.1. The summed E-state index contributed by atoms with van der Waals surface area (Å²) in [6.45, 7) is 0.940. The molecule has 7 nitrogen and oxygen atoms in total. The highest BCUT2D eigenvalue weighted by Crippen LogP contribution is 2.20. The number of hydrogen-bond acceptors (Lipinski definition) is 5. The number of aromatic nitrogens is 2. The molecular weight excluding hydrogens is 447 g/mol. The number of likely N-dealkylation sites (N-methyl/N-ethyl adjacent to an activating group) is 1. The third-order valence-corrected chi connectivity index (χ3v) is 6.10. The molecule has 4 rings (SSSR count). The van der Waals surface area contributed by atoms with Crippen LogP contribution in [0.2, 0.25) is 0 Å². The van der Waals surface area contributed by atoms with Crippen molar-refractivity contribution in [3.8, 4) is 11.5 Å². The van der Waals surface area contributed by atoms with Crippen molar-refractivity contribution >= 4 is 11.8 Å². The summed E-state index contributed by atoms with van der Waals surface area (Å²) in [7, 11) is 1.60. The number of rotatable bonds is 9. The topological polar surface area (TPSA) is 88.3 Å². The van der Waals surface area contributed by atoms with Gasteiger partial charge in [0.1, 0.15) is 5.82 Å². The molecule has 1 heterocycles. The first-order valence-corrected chi connectivity index (χ1v) is 11.9. The minimum Gasteiger partial charge on any atom is -0.352 e. The van der Waals surface area contributed by atoms with E-state index in [1.54, 1.807) is 43.4 Å². The van der Waals surface area contributed by atoms with E-state index in [1.165, 1.54) is 35.4 Å². The van der Waals surface area contributed by atoms with Crippen molar-refractivity contribution in [1.29, 1.82) is 0 Å². The molecule has 2 aromatic carbocycles. The number of carbonyl (C=O) groups is 2. The van der Waals surface area contributed by atoms with Gasteiger partial charge in [0.2, 0.25) is 0 Å². The number of allylic oxidation sites excluding steroid dienone is 1. The summed E-state index contributed by atoms with van der Waals surface area (Å²) in [5.74, 6) is -0.297. The molecule has 0 fully saturated rings. The van der Waals surface area contributed by atoms with Crippen LogP contribution < -0.4 is 5.32 Å². The maximum atomic E-state index is 13.9. The summed E-state index contributed by atoms with van der Waals surface area (Å²) in [5, 5.41) is 6.95. The lowest BCUT2D eigenvalue weighted by atomic mass is 9.97. The lowest BCUT2D eigenvalue weighted by Gasteiger charge is -2.16. The van der Waals surface area contributed by atoms with E-state index >= 15 is 0 Å². The summed E-state index contributed by atoms with van der Waals surface area (Å²) in [5.41, 5.74) is 2.73. The summed E-state index contributed by atoms with van der Waals surface area (Å²) in [4.78, 5) is 30.7. The molecule has 8 heteroatoms. The Hall–Kier alpha value is -3.81. The fourth-order valence-electron chi connectivity index (χ4n) is 4.02. The monoisotopic (exact) mass is 476 g/mol. The molecule has 2 amide bonds. The van der Waals surface area contributed by atoms with Crippen molar-refractivity contribution < 1.29 is 18.5 Å². The highest BCUT2D eigenvalue weighted by Gasteiger charge is 2.17. The number of amides is 2. The molecule has 3 aromatic rings. The highest BCUT2D eigenvalue weighted by molar-refractivity contribution is 5.95. The second-order valence-electron chi connectivity index (χ2n) is 8.66. The lowest BCUT2D eigenvalue weighted by Crippen LogP contribution is -2.29. The Morgan fingerprint density at radius 1 is 1.09 bits per heavy atom. The zero-order valence-electron chi connectivity index (χ0n) is 19.8.